The molecule has 3 rings (SSSR count). The van der Waals surface area contributed by atoms with Crippen molar-refractivity contribution in [2.24, 2.45) is 0 Å². The van der Waals surface area contributed by atoms with Crippen LogP contribution in [0.1, 0.15) is 29.5 Å². The highest BCUT2D eigenvalue weighted by atomic mass is 35.5. The predicted molar refractivity (Wildman–Crippen MR) is 83.3 cm³/mol. The maximum absolute atomic E-state index is 13.2. The van der Waals surface area contributed by atoms with Gasteiger partial charge in [0.15, 0.2) is 0 Å². The molecule has 0 amide bonds. The van der Waals surface area contributed by atoms with Crippen molar-refractivity contribution < 1.29 is 9.50 Å². The van der Waals surface area contributed by atoms with Crippen LogP contribution in [0.3, 0.4) is 0 Å². The summed E-state index contributed by atoms with van der Waals surface area (Å²) >= 11 is 6.17. The van der Waals surface area contributed by atoms with E-state index in [-0.39, 0.29) is 17.8 Å². The first-order chi connectivity index (χ1) is 10.1. The van der Waals surface area contributed by atoms with Crippen LogP contribution in [0.25, 0.3) is 0 Å². The summed E-state index contributed by atoms with van der Waals surface area (Å²) in [7, 11) is 0. The van der Waals surface area contributed by atoms with Gasteiger partial charge in [0.05, 0.1) is 6.61 Å². The maximum Gasteiger partial charge on any atom is 0.124 e. The molecular weight excluding hydrogens is 287 g/mol. The van der Waals surface area contributed by atoms with Gasteiger partial charge in [-0.05, 0) is 54.5 Å². The summed E-state index contributed by atoms with van der Waals surface area (Å²) in [6, 6.07) is 12.8. The first-order valence-corrected chi connectivity index (χ1v) is 7.66. The molecule has 0 bridgehead atoms. The van der Waals surface area contributed by atoms with Crippen molar-refractivity contribution in [1.29, 1.82) is 0 Å². The van der Waals surface area contributed by atoms with Crippen LogP contribution < -0.4 is 0 Å². The molecule has 0 saturated heterocycles. The molecule has 0 saturated carbocycles. The Morgan fingerprint density at radius 1 is 1.19 bits per heavy atom. The van der Waals surface area contributed by atoms with Gasteiger partial charge in [-0.25, -0.2) is 4.39 Å². The Hall–Kier alpha value is -1.38. The van der Waals surface area contributed by atoms with E-state index in [2.05, 4.69) is 12.1 Å². The summed E-state index contributed by atoms with van der Waals surface area (Å²) in [5.41, 5.74) is 3.09. The van der Waals surface area contributed by atoms with Crippen molar-refractivity contribution in [2.75, 3.05) is 6.61 Å². The molecule has 2 aromatic carbocycles. The Morgan fingerprint density at radius 2 is 2.00 bits per heavy atom. The molecule has 2 aromatic rings. The minimum Gasteiger partial charge on any atom is -0.395 e. The van der Waals surface area contributed by atoms with Crippen LogP contribution in [0.2, 0.25) is 5.02 Å². The quantitative estimate of drug-likeness (QED) is 0.897. The van der Waals surface area contributed by atoms with E-state index in [0.717, 1.165) is 24.8 Å². The van der Waals surface area contributed by atoms with Crippen LogP contribution in [0, 0.1) is 5.82 Å². The van der Waals surface area contributed by atoms with Gasteiger partial charge in [0.2, 0.25) is 0 Å². The normalized spacial score (nSPS) is 21.1. The van der Waals surface area contributed by atoms with Crippen LogP contribution >= 0.6 is 11.6 Å². The third kappa shape index (κ3) is 2.70. The number of hydrogen-bond donors (Lipinski definition) is 1. The second-order valence-electron chi connectivity index (χ2n) is 5.86. The highest BCUT2D eigenvalue weighted by Gasteiger charge is 2.36. The van der Waals surface area contributed by atoms with Gasteiger partial charge in [0.1, 0.15) is 5.82 Å². The molecule has 0 aromatic heterocycles. The Balaban J connectivity index is 2.02. The summed E-state index contributed by atoms with van der Waals surface area (Å²) in [6.45, 7) is 0.0811. The molecule has 3 heteroatoms. The summed E-state index contributed by atoms with van der Waals surface area (Å²) in [4.78, 5) is 0. The largest absolute Gasteiger partial charge is 0.395 e. The van der Waals surface area contributed by atoms with Crippen molar-refractivity contribution in [3.05, 3.63) is 70.0 Å². The molecule has 1 atom stereocenters. The number of hydrogen-bond acceptors (Lipinski definition) is 1. The van der Waals surface area contributed by atoms with Crippen LogP contribution in [0.15, 0.2) is 42.5 Å². The van der Waals surface area contributed by atoms with E-state index in [9.17, 15) is 9.50 Å². The number of benzene rings is 2. The molecule has 1 N–H and O–H groups in total. The van der Waals surface area contributed by atoms with E-state index in [0.29, 0.717) is 11.4 Å². The molecule has 0 spiro atoms. The average molecular weight is 305 g/mol. The van der Waals surface area contributed by atoms with Crippen LogP contribution in [0.5, 0.6) is 0 Å². The van der Waals surface area contributed by atoms with E-state index >= 15 is 0 Å². The zero-order valence-electron chi connectivity index (χ0n) is 11.8. The smallest absolute Gasteiger partial charge is 0.124 e. The minimum absolute atomic E-state index is 0.0811. The van der Waals surface area contributed by atoms with E-state index in [1.165, 1.54) is 23.3 Å². The molecule has 21 heavy (non-hydrogen) atoms. The number of aliphatic hydroxyl groups excluding tert-OH is 1. The van der Waals surface area contributed by atoms with Crippen molar-refractivity contribution in [3.63, 3.8) is 0 Å². The first kappa shape index (κ1) is 14.6. The molecule has 1 aliphatic rings. The molecular formula is C18H18ClFO. The zero-order chi connectivity index (χ0) is 14.9. The van der Waals surface area contributed by atoms with Gasteiger partial charge in [-0.2, -0.15) is 0 Å². The highest BCUT2D eigenvalue weighted by molar-refractivity contribution is 6.31. The fourth-order valence-corrected chi connectivity index (χ4v) is 3.67. The van der Waals surface area contributed by atoms with Gasteiger partial charge in [0.25, 0.3) is 0 Å². The van der Waals surface area contributed by atoms with E-state index in [1.807, 2.05) is 12.1 Å². The monoisotopic (exact) mass is 304 g/mol. The van der Waals surface area contributed by atoms with Crippen molar-refractivity contribution in [1.82, 2.24) is 0 Å². The topological polar surface area (TPSA) is 20.2 Å². The number of aryl methyl sites for hydroxylation is 1. The van der Waals surface area contributed by atoms with Crippen LogP contribution in [-0.4, -0.2) is 11.7 Å². The lowest BCUT2D eigenvalue weighted by Gasteiger charge is -2.38. The fraction of sp³-hybridized carbons (Fsp3) is 0.333. The Morgan fingerprint density at radius 3 is 2.76 bits per heavy atom. The summed E-state index contributed by atoms with van der Waals surface area (Å²) in [5, 5.41) is 10.5. The second kappa shape index (κ2) is 5.78. The Kier molecular flexibility index (Phi) is 4.01. The van der Waals surface area contributed by atoms with E-state index < -0.39 is 0 Å². The van der Waals surface area contributed by atoms with Crippen LogP contribution in [0.4, 0.5) is 4.39 Å². The van der Waals surface area contributed by atoms with Gasteiger partial charge in [-0.3, -0.25) is 0 Å². The van der Waals surface area contributed by atoms with Gasteiger partial charge >= 0.3 is 0 Å². The molecule has 1 aliphatic carbocycles. The Bertz CT molecular complexity index is 655. The fourth-order valence-electron chi connectivity index (χ4n) is 3.44. The summed E-state index contributed by atoms with van der Waals surface area (Å²) < 4.78 is 13.2. The predicted octanol–water partition coefficient (Wildman–Crippen LogP) is 4.29. The zero-order valence-corrected chi connectivity index (χ0v) is 12.5. The van der Waals surface area contributed by atoms with Gasteiger partial charge in [-0.15, -0.1) is 0 Å². The third-order valence-electron chi connectivity index (χ3n) is 4.54. The van der Waals surface area contributed by atoms with Gasteiger partial charge in [0, 0.05) is 10.4 Å². The first-order valence-electron chi connectivity index (χ1n) is 7.28. The molecule has 0 radical (unpaired) electrons. The number of aliphatic hydroxyl groups is 1. The number of fused-ring (bicyclic) bond motifs is 1. The summed E-state index contributed by atoms with van der Waals surface area (Å²) in [6.07, 6.45) is 3.67. The lowest BCUT2D eigenvalue weighted by molar-refractivity contribution is 0.173. The number of rotatable bonds is 3. The molecule has 0 heterocycles. The van der Waals surface area contributed by atoms with E-state index in [1.54, 1.807) is 6.07 Å². The van der Waals surface area contributed by atoms with Crippen molar-refractivity contribution in [3.8, 4) is 0 Å². The third-order valence-corrected chi connectivity index (χ3v) is 4.89. The number of halogens is 2. The Labute approximate surface area is 129 Å². The lowest BCUT2D eigenvalue weighted by atomic mass is 9.67. The molecule has 1 unspecified atom stereocenters. The summed E-state index contributed by atoms with van der Waals surface area (Å²) in [5.74, 6) is -0.328. The molecule has 0 fully saturated rings. The molecule has 110 valence electrons. The highest BCUT2D eigenvalue weighted by Crippen LogP contribution is 2.40. The average Bonchev–Trinajstić information content (AvgIpc) is 2.50. The van der Waals surface area contributed by atoms with Crippen LogP contribution in [-0.2, 0) is 18.3 Å². The maximum atomic E-state index is 13.2. The van der Waals surface area contributed by atoms with Crippen molar-refractivity contribution in [2.45, 2.75) is 31.1 Å². The molecule has 0 aliphatic heterocycles. The minimum atomic E-state index is -0.328. The van der Waals surface area contributed by atoms with E-state index in [4.69, 9.17) is 11.6 Å². The second-order valence-corrected chi connectivity index (χ2v) is 6.27. The lowest BCUT2D eigenvalue weighted by Crippen LogP contribution is -2.37. The van der Waals surface area contributed by atoms with Gasteiger partial charge in [-0.1, -0.05) is 41.9 Å². The standard InChI is InChI=1S/C18H18ClFO/c19-17-10-15(20)8-7-14(17)11-18(12-21)9-3-5-13-4-1-2-6-16(13)18/h1-2,4,6-8,10,21H,3,5,9,11-12H2. The van der Waals surface area contributed by atoms with Gasteiger partial charge < -0.3 is 5.11 Å². The van der Waals surface area contributed by atoms with Crippen molar-refractivity contribution >= 4 is 11.6 Å². The molecule has 1 nitrogen and oxygen atoms in total. The SMILES string of the molecule is OCC1(Cc2ccc(F)cc2Cl)CCCc2ccccc21.